The highest BCUT2D eigenvalue weighted by atomic mass is 16.6. The Hall–Kier alpha value is -4.47. The molecule has 1 aromatic heterocycles. The zero-order valence-electron chi connectivity index (χ0n) is 16.2. The van der Waals surface area contributed by atoms with E-state index in [2.05, 4.69) is 4.99 Å². The molecular formula is C21H17N5O5. The second kappa shape index (κ2) is 8.11. The molecule has 0 aliphatic carbocycles. The van der Waals surface area contributed by atoms with E-state index in [1.165, 1.54) is 4.68 Å². The van der Waals surface area contributed by atoms with Crippen LogP contribution >= 0.6 is 0 Å². The van der Waals surface area contributed by atoms with Gasteiger partial charge in [-0.05, 0) is 11.1 Å². The molecule has 156 valence electrons. The molecule has 0 bridgehead atoms. The highest BCUT2D eigenvalue weighted by molar-refractivity contribution is 5.90. The predicted octanol–water partition coefficient (Wildman–Crippen LogP) is 3.65. The Labute approximate surface area is 175 Å². The van der Waals surface area contributed by atoms with Gasteiger partial charge in [0.05, 0.1) is 29.0 Å². The van der Waals surface area contributed by atoms with Crippen LogP contribution in [0.5, 0.6) is 0 Å². The Bertz CT molecular complexity index is 1340. The van der Waals surface area contributed by atoms with Crippen molar-refractivity contribution in [3.8, 4) is 0 Å². The number of aromatic nitrogens is 2. The van der Waals surface area contributed by atoms with E-state index in [1.807, 2.05) is 60.7 Å². The fourth-order valence-corrected chi connectivity index (χ4v) is 3.39. The molecule has 0 spiro atoms. The number of hydrogen-bond acceptors (Lipinski definition) is 6. The Kier molecular flexibility index (Phi) is 5.19. The molecule has 0 aliphatic rings. The summed E-state index contributed by atoms with van der Waals surface area (Å²) in [5, 5.41) is 33.9. The fraction of sp³-hybridized carbons (Fsp3) is 0.0952. The molecule has 0 aliphatic heterocycles. The quantitative estimate of drug-likeness (QED) is 0.290. The molecule has 0 saturated heterocycles. The van der Waals surface area contributed by atoms with Gasteiger partial charge in [0, 0.05) is 6.07 Å². The molecule has 0 unspecified atom stereocenters. The van der Waals surface area contributed by atoms with Gasteiger partial charge in [-0.2, -0.15) is 0 Å². The third kappa shape index (κ3) is 3.86. The summed E-state index contributed by atoms with van der Waals surface area (Å²) in [5.41, 5.74) is 0.797. The Morgan fingerprint density at radius 1 is 0.871 bits per heavy atom. The molecular weight excluding hydrogens is 402 g/mol. The molecule has 4 rings (SSSR count). The molecule has 1 heterocycles. The van der Waals surface area contributed by atoms with Crippen molar-refractivity contribution >= 4 is 22.3 Å². The van der Waals surface area contributed by atoms with Crippen molar-refractivity contribution in [1.82, 2.24) is 9.53 Å². The number of nitro groups is 2. The SMILES string of the molecule is O=[N+]([O-])c1cc([N+](=O)[O-])c2c(=NCc3ccccc3)n(Cc3ccccc3)n(O)c2c1. The average molecular weight is 419 g/mol. The minimum atomic E-state index is -0.734. The fourth-order valence-electron chi connectivity index (χ4n) is 3.39. The molecule has 0 fully saturated rings. The average Bonchev–Trinajstić information content (AvgIpc) is 3.04. The van der Waals surface area contributed by atoms with E-state index in [0.717, 1.165) is 23.3 Å². The Balaban J connectivity index is 2.01. The lowest BCUT2D eigenvalue weighted by molar-refractivity contribution is -0.393. The van der Waals surface area contributed by atoms with E-state index in [4.69, 9.17) is 0 Å². The molecule has 3 aromatic carbocycles. The predicted molar refractivity (Wildman–Crippen MR) is 112 cm³/mol. The summed E-state index contributed by atoms with van der Waals surface area (Å²) in [6.07, 6.45) is 0. The van der Waals surface area contributed by atoms with E-state index < -0.39 is 21.2 Å². The molecule has 4 aromatic rings. The second-order valence-electron chi connectivity index (χ2n) is 6.83. The number of non-ortho nitro benzene ring substituents is 2. The molecule has 0 atom stereocenters. The van der Waals surface area contributed by atoms with Gasteiger partial charge in [0.2, 0.25) is 0 Å². The van der Waals surface area contributed by atoms with Crippen LogP contribution in [0, 0.1) is 20.2 Å². The zero-order chi connectivity index (χ0) is 22.0. The van der Waals surface area contributed by atoms with Gasteiger partial charge < -0.3 is 5.21 Å². The minimum Gasteiger partial charge on any atom is -0.412 e. The molecule has 10 nitrogen and oxygen atoms in total. The van der Waals surface area contributed by atoms with Crippen LogP contribution in [-0.4, -0.2) is 24.6 Å². The van der Waals surface area contributed by atoms with E-state index in [0.29, 0.717) is 4.85 Å². The zero-order valence-corrected chi connectivity index (χ0v) is 16.2. The standard InChI is InChI=1S/C21H17N5O5/c27-24-18-11-17(25(28)29)12-19(26(30)31)20(18)21(22-13-15-7-3-1-4-8-15)23(24)14-16-9-5-2-6-10-16/h1-12,27H,13-14H2. The van der Waals surface area contributed by atoms with Crippen molar-refractivity contribution in [2.45, 2.75) is 13.1 Å². The summed E-state index contributed by atoms with van der Waals surface area (Å²) in [6.45, 7) is 0.369. The van der Waals surface area contributed by atoms with Crippen LogP contribution in [0.3, 0.4) is 0 Å². The number of hydrogen-bond donors (Lipinski definition) is 1. The maximum atomic E-state index is 11.7. The highest BCUT2D eigenvalue weighted by Crippen LogP contribution is 2.29. The van der Waals surface area contributed by atoms with Crippen molar-refractivity contribution in [2.75, 3.05) is 0 Å². The van der Waals surface area contributed by atoms with Crippen LogP contribution in [0.1, 0.15) is 11.1 Å². The van der Waals surface area contributed by atoms with Gasteiger partial charge >= 0.3 is 0 Å². The van der Waals surface area contributed by atoms with Crippen molar-refractivity contribution in [3.63, 3.8) is 0 Å². The normalized spacial score (nSPS) is 11.7. The van der Waals surface area contributed by atoms with Crippen LogP contribution in [0.2, 0.25) is 0 Å². The summed E-state index contributed by atoms with van der Waals surface area (Å²) in [6, 6.07) is 20.5. The summed E-state index contributed by atoms with van der Waals surface area (Å²) in [5.74, 6) is 0. The third-order valence-electron chi connectivity index (χ3n) is 4.83. The number of fused-ring (bicyclic) bond motifs is 1. The lowest BCUT2D eigenvalue weighted by Crippen LogP contribution is -2.24. The number of nitro benzene ring substituents is 2. The van der Waals surface area contributed by atoms with Gasteiger partial charge in [0.1, 0.15) is 10.9 Å². The maximum absolute atomic E-state index is 11.7. The monoisotopic (exact) mass is 419 g/mol. The topological polar surface area (TPSA) is 129 Å². The molecule has 1 N–H and O–H groups in total. The van der Waals surface area contributed by atoms with E-state index >= 15 is 0 Å². The summed E-state index contributed by atoms with van der Waals surface area (Å²) in [4.78, 5) is 26.8. The number of rotatable bonds is 6. The molecule has 0 radical (unpaired) electrons. The van der Waals surface area contributed by atoms with Crippen LogP contribution in [-0.2, 0) is 13.1 Å². The second-order valence-corrected chi connectivity index (χ2v) is 6.83. The van der Waals surface area contributed by atoms with Gasteiger partial charge in [-0.1, -0.05) is 60.7 Å². The lowest BCUT2D eigenvalue weighted by atomic mass is 10.2. The lowest BCUT2D eigenvalue weighted by Gasteiger charge is -2.07. The number of nitrogens with zero attached hydrogens (tertiary/aromatic N) is 5. The summed E-state index contributed by atoms with van der Waals surface area (Å²) >= 11 is 0. The van der Waals surface area contributed by atoms with Crippen molar-refractivity contribution in [1.29, 1.82) is 0 Å². The summed E-state index contributed by atoms with van der Waals surface area (Å²) < 4.78 is 1.36. The molecule has 31 heavy (non-hydrogen) atoms. The largest absolute Gasteiger partial charge is 0.412 e. The molecule has 10 heteroatoms. The number of benzene rings is 3. The minimum absolute atomic E-state index is 0.0324. The maximum Gasteiger partial charge on any atom is 0.289 e. The van der Waals surface area contributed by atoms with Crippen molar-refractivity contribution < 1.29 is 15.1 Å². The van der Waals surface area contributed by atoms with Crippen LogP contribution in [0.25, 0.3) is 10.9 Å². The van der Waals surface area contributed by atoms with E-state index in [-0.39, 0.29) is 29.5 Å². The van der Waals surface area contributed by atoms with Gasteiger partial charge in [-0.3, -0.25) is 25.2 Å². The van der Waals surface area contributed by atoms with Crippen LogP contribution in [0.4, 0.5) is 11.4 Å². The van der Waals surface area contributed by atoms with Gasteiger partial charge in [0.25, 0.3) is 11.4 Å². The molecule has 0 saturated carbocycles. The van der Waals surface area contributed by atoms with Gasteiger partial charge in [-0.25, -0.2) is 4.68 Å². The van der Waals surface area contributed by atoms with Crippen molar-refractivity contribution in [2.24, 2.45) is 4.99 Å². The smallest absolute Gasteiger partial charge is 0.289 e. The van der Waals surface area contributed by atoms with E-state index in [1.54, 1.807) is 0 Å². The Morgan fingerprint density at radius 3 is 2.06 bits per heavy atom. The first-order chi connectivity index (χ1) is 15.0. The van der Waals surface area contributed by atoms with E-state index in [9.17, 15) is 25.4 Å². The van der Waals surface area contributed by atoms with Gasteiger partial charge in [-0.15, -0.1) is 4.85 Å². The van der Waals surface area contributed by atoms with Gasteiger partial charge in [0.15, 0.2) is 5.49 Å². The summed E-state index contributed by atoms with van der Waals surface area (Å²) in [7, 11) is 0. The highest BCUT2D eigenvalue weighted by Gasteiger charge is 2.26. The first-order valence-corrected chi connectivity index (χ1v) is 9.31. The first kappa shape index (κ1) is 19.8. The Morgan fingerprint density at radius 2 is 1.48 bits per heavy atom. The van der Waals surface area contributed by atoms with Crippen LogP contribution in [0.15, 0.2) is 77.8 Å². The molecule has 0 amide bonds. The van der Waals surface area contributed by atoms with Crippen LogP contribution < -0.4 is 5.49 Å². The van der Waals surface area contributed by atoms with Crippen molar-refractivity contribution in [3.05, 3.63) is 110 Å². The third-order valence-corrected chi connectivity index (χ3v) is 4.83. The first-order valence-electron chi connectivity index (χ1n) is 9.31.